The Morgan fingerprint density at radius 2 is 1.74 bits per heavy atom. The molecule has 1 unspecified atom stereocenters. The summed E-state index contributed by atoms with van der Waals surface area (Å²) in [5, 5.41) is 0. The normalized spacial score (nSPS) is 20.7. The molecule has 1 atom stereocenters. The summed E-state index contributed by atoms with van der Waals surface area (Å²) in [6.45, 7) is 8.96. The molecule has 2 nitrogen and oxygen atoms in total. The van der Waals surface area contributed by atoms with Gasteiger partial charge in [-0.05, 0) is 32.7 Å². The molecule has 0 aliphatic heterocycles. The molecule has 0 aromatic heterocycles. The number of likely N-dealkylation sites (N-methyl/N-ethyl adjacent to an activating group) is 1. The Balaban J connectivity index is 2.55. The maximum Gasteiger partial charge on any atom is 0.0306 e. The maximum atomic E-state index is 6.16. The van der Waals surface area contributed by atoms with Gasteiger partial charge in [0.1, 0.15) is 0 Å². The van der Waals surface area contributed by atoms with Gasteiger partial charge in [-0.25, -0.2) is 0 Å². The van der Waals surface area contributed by atoms with Crippen LogP contribution < -0.4 is 5.73 Å². The molecule has 0 aromatic rings. The Labute approximate surface area is 121 Å². The Morgan fingerprint density at radius 3 is 2.26 bits per heavy atom. The molecule has 19 heavy (non-hydrogen) atoms. The third kappa shape index (κ3) is 5.07. The molecule has 0 radical (unpaired) electrons. The molecular formula is C17H36N2. The van der Waals surface area contributed by atoms with Crippen LogP contribution in [0.5, 0.6) is 0 Å². The summed E-state index contributed by atoms with van der Waals surface area (Å²) < 4.78 is 0. The lowest BCUT2D eigenvalue weighted by molar-refractivity contribution is 0.0395. The SMILES string of the molecule is CCCCCCC(C)(CN)N(CC)C1CCCCC1. The molecule has 0 heterocycles. The molecule has 1 aliphatic carbocycles. The minimum absolute atomic E-state index is 0.227. The summed E-state index contributed by atoms with van der Waals surface area (Å²) in [6, 6.07) is 0.790. The topological polar surface area (TPSA) is 29.3 Å². The van der Waals surface area contributed by atoms with Crippen molar-refractivity contribution < 1.29 is 0 Å². The van der Waals surface area contributed by atoms with Crippen LogP contribution in [0.1, 0.15) is 85.0 Å². The lowest BCUT2D eigenvalue weighted by Crippen LogP contribution is -2.56. The molecule has 1 fully saturated rings. The number of hydrogen-bond acceptors (Lipinski definition) is 2. The van der Waals surface area contributed by atoms with Crippen LogP contribution in [-0.2, 0) is 0 Å². The fraction of sp³-hybridized carbons (Fsp3) is 1.00. The second kappa shape index (κ2) is 8.97. The minimum Gasteiger partial charge on any atom is -0.329 e. The highest BCUT2D eigenvalue weighted by molar-refractivity contribution is 4.91. The van der Waals surface area contributed by atoms with Gasteiger partial charge in [-0.3, -0.25) is 4.90 Å². The number of nitrogens with zero attached hydrogens (tertiary/aromatic N) is 1. The first-order chi connectivity index (χ1) is 9.18. The highest BCUT2D eigenvalue weighted by Crippen LogP contribution is 2.30. The Morgan fingerprint density at radius 1 is 1.05 bits per heavy atom. The lowest BCUT2D eigenvalue weighted by Gasteiger charge is -2.46. The second-order valence-corrected chi connectivity index (χ2v) is 6.59. The van der Waals surface area contributed by atoms with Crippen molar-refractivity contribution >= 4 is 0 Å². The average Bonchev–Trinajstić information content (AvgIpc) is 2.45. The third-order valence-electron chi connectivity index (χ3n) is 5.06. The summed E-state index contributed by atoms with van der Waals surface area (Å²) in [7, 11) is 0. The average molecular weight is 268 g/mol. The Hall–Kier alpha value is -0.0800. The van der Waals surface area contributed by atoms with Gasteiger partial charge in [-0.2, -0.15) is 0 Å². The zero-order valence-electron chi connectivity index (χ0n) is 13.6. The molecule has 114 valence electrons. The van der Waals surface area contributed by atoms with E-state index in [1.807, 2.05) is 0 Å². The van der Waals surface area contributed by atoms with Gasteiger partial charge in [0.2, 0.25) is 0 Å². The summed E-state index contributed by atoms with van der Waals surface area (Å²) >= 11 is 0. The molecule has 0 aromatic carbocycles. The van der Waals surface area contributed by atoms with Gasteiger partial charge in [-0.15, -0.1) is 0 Å². The molecule has 0 bridgehead atoms. The molecule has 1 saturated carbocycles. The van der Waals surface area contributed by atoms with Crippen LogP contribution in [0.2, 0.25) is 0 Å². The van der Waals surface area contributed by atoms with Crippen molar-refractivity contribution in [2.45, 2.75) is 96.6 Å². The zero-order valence-corrected chi connectivity index (χ0v) is 13.6. The van der Waals surface area contributed by atoms with Crippen molar-refractivity contribution in [1.82, 2.24) is 4.90 Å². The van der Waals surface area contributed by atoms with Crippen LogP contribution in [0, 0.1) is 0 Å². The standard InChI is InChI=1S/C17H36N2/c1-4-6-7-11-14-17(3,15-18)19(5-2)16-12-9-8-10-13-16/h16H,4-15,18H2,1-3H3. The summed E-state index contributed by atoms with van der Waals surface area (Å²) in [6.07, 6.45) is 13.7. The maximum absolute atomic E-state index is 6.16. The van der Waals surface area contributed by atoms with Gasteiger partial charge in [0, 0.05) is 18.1 Å². The van der Waals surface area contributed by atoms with Gasteiger partial charge in [0.15, 0.2) is 0 Å². The number of hydrogen-bond donors (Lipinski definition) is 1. The van der Waals surface area contributed by atoms with Gasteiger partial charge in [0.25, 0.3) is 0 Å². The largest absolute Gasteiger partial charge is 0.329 e. The first kappa shape index (κ1) is 17.0. The van der Waals surface area contributed by atoms with E-state index in [-0.39, 0.29) is 5.54 Å². The van der Waals surface area contributed by atoms with Gasteiger partial charge in [-0.1, -0.05) is 58.8 Å². The van der Waals surface area contributed by atoms with E-state index >= 15 is 0 Å². The molecule has 0 amide bonds. The molecule has 0 spiro atoms. The fourth-order valence-electron chi connectivity index (χ4n) is 3.77. The summed E-state index contributed by atoms with van der Waals surface area (Å²) in [4.78, 5) is 2.73. The Bertz CT molecular complexity index is 223. The zero-order chi connectivity index (χ0) is 14.1. The molecule has 0 saturated heterocycles. The van der Waals surface area contributed by atoms with Gasteiger partial charge < -0.3 is 5.73 Å². The molecule has 2 N–H and O–H groups in total. The van der Waals surface area contributed by atoms with Crippen LogP contribution in [-0.4, -0.2) is 29.6 Å². The quantitative estimate of drug-likeness (QED) is 0.631. The van der Waals surface area contributed by atoms with Crippen LogP contribution in [0.25, 0.3) is 0 Å². The lowest BCUT2D eigenvalue weighted by atomic mass is 9.86. The van der Waals surface area contributed by atoms with E-state index in [4.69, 9.17) is 5.73 Å². The Kier molecular flexibility index (Phi) is 8.01. The van der Waals surface area contributed by atoms with Crippen molar-refractivity contribution in [2.75, 3.05) is 13.1 Å². The van der Waals surface area contributed by atoms with Crippen molar-refractivity contribution in [3.05, 3.63) is 0 Å². The molecule has 2 heteroatoms. The predicted molar refractivity (Wildman–Crippen MR) is 85.5 cm³/mol. The monoisotopic (exact) mass is 268 g/mol. The number of unbranched alkanes of at least 4 members (excludes halogenated alkanes) is 3. The van der Waals surface area contributed by atoms with Gasteiger partial charge in [0.05, 0.1) is 0 Å². The van der Waals surface area contributed by atoms with Crippen molar-refractivity contribution in [1.29, 1.82) is 0 Å². The second-order valence-electron chi connectivity index (χ2n) is 6.59. The first-order valence-electron chi connectivity index (χ1n) is 8.64. The van der Waals surface area contributed by atoms with Crippen molar-refractivity contribution in [3.8, 4) is 0 Å². The van der Waals surface area contributed by atoms with Crippen molar-refractivity contribution in [2.24, 2.45) is 5.73 Å². The van der Waals surface area contributed by atoms with E-state index in [1.54, 1.807) is 0 Å². The van der Waals surface area contributed by atoms with E-state index in [9.17, 15) is 0 Å². The van der Waals surface area contributed by atoms with Gasteiger partial charge >= 0.3 is 0 Å². The first-order valence-corrected chi connectivity index (χ1v) is 8.64. The highest BCUT2D eigenvalue weighted by Gasteiger charge is 2.34. The molecule has 1 rings (SSSR count). The van der Waals surface area contributed by atoms with E-state index < -0.39 is 0 Å². The van der Waals surface area contributed by atoms with Crippen LogP contribution in [0.15, 0.2) is 0 Å². The van der Waals surface area contributed by atoms with Crippen molar-refractivity contribution in [3.63, 3.8) is 0 Å². The minimum atomic E-state index is 0.227. The van der Waals surface area contributed by atoms with E-state index in [1.165, 1.54) is 64.2 Å². The van der Waals surface area contributed by atoms with E-state index in [0.717, 1.165) is 19.1 Å². The smallest absolute Gasteiger partial charge is 0.0306 e. The molecule has 1 aliphatic rings. The summed E-state index contributed by atoms with van der Waals surface area (Å²) in [5.74, 6) is 0. The number of rotatable bonds is 9. The highest BCUT2D eigenvalue weighted by atomic mass is 15.2. The molecular weight excluding hydrogens is 232 g/mol. The van der Waals surface area contributed by atoms with E-state index in [2.05, 4.69) is 25.7 Å². The van der Waals surface area contributed by atoms with Crippen LogP contribution in [0.4, 0.5) is 0 Å². The number of nitrogens with two attached hydrogens (primary N) is 1. The fourth-order valence-corrected chi connectivity index (χ4v) is 3.77. The van der Waals surface area contributed by atoms with E-state index in [0.29, 0.717) is 0 Å². The van der Waals surface area contributed by atoms with Crippen LogP contribution in [0.3, 0.4) is 0 Å². The van der Waals surface area contributed by atoms with Crippen LogP contribution >= 0.6 is 0 Å². The summed E-state index contributed by atoms with van der Waals surface area (Å²) in [5.41, 5.74) is 6.39. The predicted octanol–water partition coefficient (Wildman–Crippen LogP) is 4.33. The third-order valence-corrected chi connectivity index (χ3v) is 5.06.